The lowest BCUT2D eigenvalue weighted by Crippen LogP contribution is -2.28. The van der Waals surface area contributed by atoms with E-state index in [2.05, 4.69) is 0 Å². The molecule has 6 nitrogen and oxygen atoms in total. The number of nitrogens with zero attached hydrogens (tertiary/aromatic N) is 1. The molecule has 0 atom stereocenters. The Morgan fingerprint density at radius 2 is 1.61 bits per heavy atom. The van der Waals surface area contributed by atoms with Gasteiger partial charge in [0.2, 0.25) is 0 Å². The molecule has 36 heavy (non-hydrogen) atoms. The maximum atomic E-state index is 13.9. The fourth-order valence-electron chi connectivity index (χ4n) is 3.94. The molecule has 0 N–H and O–H groups in total. The number of hydrogen-bond donors (Lipinski definition) is 0. The molecule has 3 aromatic carbocycles. The van der Waals surface area contributed by atoms with Gasteiger partial charge in [-0.3, -0.25) is 4.79 Å². The van der Waals surface area contributed by atoms with Crippen LogP contribution in [0.15, 0.2) is 66.7 Å². The Hall–Kier alpha value is -4.13. The van der Waals surface area contributed by atoms with Crippen molar-refractivity contribution < 1.29 is 28.2 Å². The Kier molecular flexibility index (Phi) is 6.84. The Balaban J connectivity index is 1.55. The van der Waals surface area contributed by atoms with Crippen LogP contribution < -0.4 is 9.47 Å². The first-order valence-electron chi connectivity index (χ1n) is 11.6. The Morgan fingerprint density at radius 3 is 2.25 bits per heavy atom. The number of aryl methyl sites for hydroxylation is 1. The summed E-state index contributed by atoms with van der Waals surface area (Å²) in [5, 5.41) is 0.712. The minimum atomic E-state index is -0.705. The summed E-state index contributed by atoms with van der Waals surface area (Å²) in [7, 11) is 0. The zero-order valence-electron chi connectivity index (χ0n) is 20.9. The van der Waals surface area contributed by atoms with Gasteiger partial charge in [-0.05, 0) is 92.9 Å². The predicted octanol–water partition coefficient (Wildman–Crippen LogP) is 7.04. The van der Waals surface area contributed by atoms with Gasteiger partial charge < -0.3 is 14.2 Å². The number of aromatic nitrogens is 1. The number of benzene rings is 3. The lowest BCUT2D eigenvalue weighted by molar-refractivity contribution is -0.131. The number of ether oxygens (including phenoxy) is 3. The predicted molar refractivity (Wildman–Crippen MR) is 136 cm³/mol. The van der Waals surface area contributed by atoms with Gasteiger partial charge >= 0.3 is 12.1 Å². The second-order valence-corrected chi connectivity index (χ2v) is 9.54. The highest BCUT2D eigenvalue weighted by Crippen LogP contribution is 2.29. The number of carbonyl (C=O) groups is 2. The van der Waals surface area contributed by atoms with E-state index < -0.39 is 17.5 Å². The molecule has 0 saturated heterocycles. The second-order valence-electron chi connectivity index (χ2n) is 9.54. The van der Waals surface area contributed by atoms with E-state index in [1.165, 1.54) is 23.6 Å². The van der Waals surface area contributed by atoms with E-state index >= 15 is 0 Å². The largest absolute Gasteiger partial charge is 0.487 e. The summed E-state index contributed by atoms with van der Waals surface area (Å²) in [5.41, 5.74) is 3.22. The zero-order valence-corrected chi connectivity index (χ0v) is 20.9. The van der Waals surface area contributed by atoms with Crippen LogP contribution in [-0.4, -0.2) is 22.2 Å². The first kappa shape index (κ1) is 25.0. The summed E-state index contributed by atoms with van der Waals surface area (Å²) >= 11 is 0. The van der Waals surface area contributed by atoms with Crippen LogP contribution in [0.2, 0.25) is 0 Å². The van der Waals surface area contributed by atoms with Crippen molar-refractivity contribution in [2.24, 2.45) is 0 Å². The molecule has 0 fully saturated rings. The van der Waals surface area contributed by atoms with Gasteiger partial charge in [0.05, 0.1) is 11.2 Å². The number of rotatable bonds is 5. The number of esters is 1. The molecular weight excluding hydrogens is 461 g/mol. The Labute approximate surface area is 209 Å². The molecule has 1 aromatic heterocycles. The molecule has 0 bridgehead atoms. The van der Waals surface area contributed by atoms with Crippen LogP contribution in [0.3, 0.4) is 0 Å². The monoisotopic (exact) mass is 489 g/mol. The van der Waals surface area contributed by atoms with Crippen LogP contribution in [-0.2, 0) is 16.1 Å². The molecule has 1 heterocycles. The molecule has 0 spiro atoms. The molecule has 0 amide bonds. The van der Waals surface area contributed by atoms with E-state index in [1.54, 1.807) is 39.0 Å². The third-order valence-corrected chi connectivity index (χ3v) is 5.43. The average molecular weight is 490 g/mol. The number of carbonyl (C=O) groups excluding carboxylic acids is 2. The van der Waals surface area contributed by atoms with Crippen LogP contribution >= 0.6 is 0 Å². The lowest BCUT2D eigenvalue weighted by Gasteiger charge is -2.21. The quantitative estimate of drug-likeness (QED) is 0.222. The molecule has 0 aliphatic carbocycles. The van der Waals surface area contributed by atoms with Crippen molar-refractivity contribution >= 4 is 23.0 Å². The third kappa shape index (κ3) is 5.74. The number of halogens is 1. The van der Waals surface area contributed by atoms with E-state index in [0.29, 0.717) is 28.1 Å². The highest BCUT2D eigenvalue weighted by atomic mass is 19.1. The van der Waals surface area contributed by atoms with E-state index in [0.717, 1.165) is 16.7 Å². The Morgan fingerprint density at radius 1 is 0.917 bits per heavy atom. The standard InChI is InChI=1S/C29H28FNO5/c1-18-14-25(35-19(2)32)12-13-26(18)20-7-10-24(11-8-20)34-17-23-15-21-6-9-22(30)16-27(21)31(23)28(33)36-29(3,4)5/h6-16H,17H2,1-5H3. The van der Waals surface area contributed by atoms with Gasteiger partial charge in [0, 0.05) is 12.3 Å². The second kappa shape index (κ2) is 9.85. The van der Waals surface area contributed by atoms with Gasteiger partial charge in [0.25, 0.3) is 0 Å². The van der Waals surface area contributed by atoms with Gasteiger partial charge in [0.1, 0.15) is 29.5 Å². The fraction of sp³-hybridized carbons (Fsp3) is 0.241. The molecule has 0 unspecified atom stereocenters. The van der Waals surface area contributed by atoms with Gasteiger partial charge in [-0.25, -0.2) is 13.8 Å². The first-order chi connectivity index (χ1) is 17.0. The van der Waals surface area contributed by atoms with Crippen LogP contribution in [0.25, 0.3) is 22.0 Å². The molecule has 7 heteroatoms. The van der Waals surface area contributed by atoms with Crippen molar-refractivity contribution in [1.29, 1.82) is 0 Å². The smallest absolute Gasteiger partial charge is 0.419 e. The minimum absolute atomic E-state index is 0.0883. The van der Waals surface area contributed by atoms with Crippen LogP contribution in [0, 0.1) is 12.7 Å². The highest BCUT2D eigenvalue weighted by Gasteiger charge is 2.22. The molecule has 0 radical (unpaired) electrons. The van der Waals surface area contributed by atoms with Gasteiger partial charge in [-0.1, -0.05) is 18.2 Å². The van der Waals surface area contributed by atoms with Crippen molar-refractivity contribution in [2.45, 2.75) is 46.8 Å². The van der Waals surface area contributed by atoms with Gasteiger partial charge in [-0.2, -0.15) is 0 Å². The fourth-order valence-corrected chi connectivity index (χ4v) is 3.94. The third-order valence-electron chi connectivity index (χ3n) is 5.43. The summed E-state index contributed by atoms with van der Waals surface area (Å²) in [5.74, 6) is 0.313. The summed E-state index contributed by atoms with van der Waals surface area (Å²) < 4.78 is 32.0. The van der Waals surface area contributed by atoms with E-state index in [4.69, 9.17) is 14.2 Å². The maximum Gasteiger partial charge on any atom is 0.419 e. The summed E-state index contributed by atoms with van der Waals surface area (Å²) in [6, 6.07) is 19.1. The molecule has 0 aliphatic heterocycles. The van der Waals surface area contributed by atoms with E-state index in [9.17, 15) is 14.0 Å². The lowest BCUT2D eigenvalue weighted by atomic mass is 10.0. The molecule has 186 valence electrons. The normalized spacial score (nSPS) is 11.4. The van der Waals surface area contributed by atoms with Crippen molar-refractivity contribution in [2.75, 3.05) is 0 Å². The minimum Gasteiger partial charge on any atom is -0.487 e. The topological polar surface area (TPSA) is 66.8 Å². The molecule has 4 aromatic rings. The van der Waals surface area contributed by atoms with Crippen LogP contribution in [0.1, 0.15) is 39.0 Å². The van der Waals surface area contributed by atoms with Gasteiger partial charge in [-0.15, -0.1) is 0 Å². The van der Waals surface area contributed by atoms with E-state index in [1.807, 2.05) is 43.3 Å². The average Bonchev–Trinajstić information content (AvgIpc) is 3.14. The van der Waals surface area contributed by atoms with Crippen LogP contribution in [0.5, 0.6) is 11.5 Å². The summed E-state index contributed by atoms with van der Waals surface area (Å²) in [6.07, 6.45) is -0.593. The maximum absolute atomic E-state index is 13.9. The zero-order chi connectivity index (χ0) is 26.0. The van der Waals surface area contributed by atoms with E-state index in [-0.39, 0.29) is 12.6 Å². The van der Waals surface area contributed by atoms with Crippen molar-refractivity contribution in [1.82, 2.24) is 4.57 Å². The van der Waals surface area contributed by atoms with Crippen molar-refractivity contribution in [3.8, 4) is 22.6 Å². The summed E-state index contributed by atoms with van der Waals surface area (Å²) in [6.45, 7) is 8.74. The van der Waals surface area contributed by atoms with Crippen molar-refractivity contribution in [3.63, 3.8) is 0 Å². The molecule has 0 saturated carbocycles. The summed E-state index contributed by atoms with van der Waals surface area (Å²) in [4.78, 5) is 24.1. The highest BCUT2D eigenvalue weighted by molar-refractivity contribution is 5.91. The number of hydrogen-bond acceptors (Lipinski definition) is 5. The first-order valence-corrected chi connectivity index (χ1v) is 11.6. The SMILES string of the molecule is CC(=O)Oc1ccc(-c2ccc(OCc3cc4ccc(F)cc4n3C(=O)OC(C)(C)C)cc2)c(C)c1. The van der Waals surface area contributed by atoms with Crippen LogP contribution in [0.4, 0.5) is 9.18 Å². The number of fused-ring (bicyclic) bond motifs is 1. The van der Waals surface area contributed by atoms with Crippen molar-refractivity contribution in [3.05, 3.63) is 83.8 Å². The molecule has 4 rings (SSSR count). The molecular formula is C29H28FNO5. The Bertz CT molecular complexity index is 1430. The van der Waals surface area contributed by atoms with Gasteiger partial charge in [0.15, 0.2) is 0 Å². The molecule has 0 aliphatic rings.